The van der Waals surface area contributed by atoms with Crippen molar-refractivity contribution in [3.8, 4) is 11.5 Å². The van der Waals surface area contributed by atoms with Gasteiger partial charge in [-0.15, -0.1) is 0 Å². The summed E-state index contributed by atoms with van der Waals surface area (Å²) in [5.41, 5.74) is 3.69. The van der Waals surface area contributed by atoms with Crippen LogP contribution in [0.1, 0.15) is 36.0 Å². The molecule has 2 aliphatic rings. The Bertz CT molecular complexity index is 1290. The molecular formula is C31H32N2O4. The van der Waals surface area contributed by atoms with E-state index in [1.807, 2.05) is 61.5 Å². The second-order valence-corrected chi connectivity index (χ2v) is 9.66. The third-order valence-electron chi connectivity index (χ3n) is 7.12. The number of benzene rings is 3. The minimum absolute atomic E-state index is 0.0164. The van der Waals surface area contributed by atoms with Gasteiger partial charge in [0.2, 0.25) is 18.6 Å². The van der Waals surface area contributed by atoms with E-state index in [1.165, 1.54) is 0 Å². The molecule has 190 valence electrons. The first-order valence-corrected chi connectivity index (χ1v) is 12.8. The lowest BCUT2D eigenvalue weighted by Crippen LogP contribution is -2.51. The lowest BCUT2D eigenvalue weighted by atomic mass is 9.85. The Balaban J connectivity index is 1.48. The molecule has 0 fully saturated rings. The summed E-state index contributed by atoms with van der Waals surface area (Å²) in [6.45, 7) is 2.58. The van der Waals surface area contributed by atoms with Crippen LogP contribution in [0.4, 0.5) is 5.69 Å². The van der Waals surface area contributed by atoms with Gasteiger partial charge in [0.05, 0.1) is 6.42 Å². The molecular weight excluding hydrogens is 464 g/mol. The van der Waals surface area contributed by atoms with Crippen molar-refractivity contribution < 1.29 is 19.1 Å². The zero-order valence-corrected chi connectivity index (χ0v) is 21.1. The minimum atomic E-state index is -0.619. The van der Waals surface area contributed by atoms with Crippen LogP contribution in [-0.4, -0.2) is 29.5 Å². The smallest absolute Gasteiger partial charge is 0.247 e. The Morgan fingerprint density at radius 3 is 2.54 bits per heavy atom. The number of fused-ring (bicyclic) bond motifs is 1. The first-order valence-electron chi connectivity index (χ1n) is 12.8. The number of ether oxygens (including phenoxy) is 2. The van der Waals surface area contributed by atoms with Gasteiger partial charge in [-0.3, -0.25) is 9.59 Å². The topological polar surface area (TPSA) is 67.9 Å². The molecule has 0 bridgehead atoms. The molecule has 0 saturated carbocycles. The van der Waals surface area contributed by atoms with E-state index >= 15 is 0 Å². The number of rotatable bonds is 8. The number of anilines is 1. The average Bonchev–Trinajstić information content (AvgIpc) is 3.38. The van der Waals surface area contributed by atoms with Crippen molar-refractivity contribution in [2.24, 2.45) is 5.92 Å². The molecule has 37 heavy (non-hydrogen) atoms. The summed E-state index contributed by atoms with van der Waals surface area (Å²) in [7, 11) is 0. The van der Waals surface area contributed by atoms with E-state index in [0.29, 0.717) is 23.7 Å². The Labute approximate surface area is 217 Å². The molecule has 2 unspecified atom stereocenters. The van der Waals surface area contributed by atoms with Crippen LogP contribution < -0.4 is 14.8 Å². The van der Waals surface area contributed by atoms with E-state index in [0.717, 1.165) is 36.0 Å². The van der Waals surface area contributed by atoms with Crippen molar-refractivity contribution >= 4 is 17.5 Å². The third-order valence-corrected chi connectivity index (χ3v) is 7.12. The van der Waals surface area contributed by atoms with Gasteiger partial charge in [-0.25, -0.2) is 0 Å². The molecule has 0 saturated heterocycles. The second kappa shape index (κ2) is 11.3. The second-order valence-electron chi connectivity index (χ2n) is 9.66. The number of hydrogen-bond donors (Lipinski definition) is 1. The van der Waals surface area contributed by atoms with Crippen molar-refractivity contribution in [1.82, 2.24) is 4.90 Å². The Hall–Kier alpha value is -4.06. The van der Waals surface area contributed by atoms with E-state index < -0.39 is 6.04 Å². The molecule has 1 aliphatic carbocycles. The van der Waals surface area contributed by atoms with E-state index in [-0.39, 0.29) is 30.9 Å². The minimum Gasteiger partial charge on any atom is -0.454 e. The van der Waals surface area contributed by atoms with Crippen LogP contribution in [0.5, 0.6) is 11.5 Å². The summed E-state index contributed by atoms with van der Waals surface area (Å²) in [5.74, 6) is 1.03. The molecule has 0 aromatic heterocycles. The monoisotopic (exact) mass is 496 g/mol. The lowest BCUT2D eigenvalue weighted by molar-refractivity contribution is -0.141. The van der Waals surface area contributed by atoms with E-state index in [2.05, 4.69) is 17.5 Å². The zero-order valence-electron chi connectivity index (χ0n) is 21.1. The Morgan fingerprint density at radius 2 is 1.76 bits per heavy atom. The number of carbonyl (C=O) groups excluding carboxylic acids is 2. The molecule has 6 nitrogen and oxygen atoms in total. The van der Waals surface area contributed by atoms with Crippen molar-refractivity contribution in [3.05, 3.63) is 102 Å². The number of nitrogens with one attached hydrogen (secondary N) is 1. The Morgan fingerprint density at radius 1 is 0.973 bits per heavy atom. The molecule has 5 rings (SSSR count). The van der Waals surface area contributed by atoms with Crippen LogP contribution in [-0.2, 0) is 22.6 Å². The van der Waals surface area contributed by atoms with Crippen LogP contribution in [0.15, 0.2) is 84.9 Å². The maximum Gasteiger partial charge on any atom is 0.247 e. The maximum atomic E-state index is 14.0. The summed E-state index contributed by atoms with van der Waals surface area (Å²) in [4.78, 5) is 29.7. The number of hydrogen-bond acceptors (Lipinski definition) is 4. The number of nitrogens with zero attached hydrogens (tertiary/aromatic N) is 1. The lowest BCUT2D eigenvalue weighted by Gasteiger charge is -2.37. The Kier molecular flexibility index (Phi) is 7.54. The molecule has 0 spiro atoms. The fraction of sp³-hybridized carbons (Fsp3) is 0.290. The van der Waals surface area contributed by atoms with Crippen LogP contribution in [0.2, 0.25) is 0 Å². The molecule has 1 aliphatic heterocycles. The summed E-state index contributed by atoms with van der Waals surface area (Å²) in [6.07, 6.45) is 7.01. The number of aryl methyl sites for hydroxylation is 1. The highest BCUT2D eigenvalue weighted by atomic mass is 16.7. The molecule has 2 amide bonds. The fourth-order valence-electron chi connectivity index (χ4n) is 5.09. The van der Waals surface area contributed by atoms with Crippen molar-refractivity contribution in [3.63, 3.8) is 0 Å². The molecule has 1 N–H and O–H groups in total. The maximum absolute atomic E-state index is 14.0. The predicted molar refractivity (Wildman–Crippen MR) is 143 cm³/mol. The van der Waals surface area contributed by atoms with Gasteiger partial charge in [-0.2, -0.15) is 0 Å². The molecule has 6 heteroatoms. The van der Waals surface area contributed by atoms with Crippen LogP contribution in [0.3, 0.4) is 0 Å². The quantitative estimate of drug-likeness (QED) is 0.409. The highest BCUT2D eigenvalue weighted by Crippen LogP contribution is 2.35. The molecule has 3 aromatic rings. The average molecular weight is 497 g/mol. The van der Waals surface area contributed by atoms with Gasteiger partial charge >= 0.3 is 0 Å². The molecule has 1 heterocycles. The van der Waals surface area contributed by atoms with Gasteiger partial charge in [0.1, 0.15) is 6.04 Å². The van der Waals surface area contributed by atoms with Gasteiger partial charge in [0.15, 0.2) is 11.5 Å². The standard InChI is InChI=1S/C31H32N2O4/c1-22-10-8-9-15-25(22)20-33(29(34)18-23-11-4-2-5-12-23)30(24-13-6-3-7-14-24)31(35)32-26-16-17-27-28(19-26)37-21-36-27/h2-6,8-12,15-17,19,24,30H,7,13-14,18,20-21H2,1H3,(H,32,35). The van der Waals surface area contributed by atoms with Gasteiger partial charge < -0.3 is 19.7 Å². The fourth-order valence-corrected chi connectivity index (χ4v) is 5.09. The van der Waals surface area contributed by atoms with Crippen molar-refractivity contribution in [2.45, 2.75) is 45.2 Å². The third kappa shape index (κ3) is 5.85. The van der Waals surface area contributed by atoms with Gasteiger partial charge in [0, 0.05) is 18.3 Å². The van der Waals surface area contributed by atoms with Crippen molar-refractivity contribution in [2.75, 3.05) is 12.1 Å². The summed E-state index contributed by atoms with van der Waals surface area (Å²) in [6, 6.07) is 22.5. The predicted octanol–water partition coefficient (Wildman–Crippen LogP) is 5.66. The first-order chi connectivity index (χ1) is 18.1. The van der Waals surface area contributed by atoms with Crippen molar-refractivity contribution in [1.29, 1.82) is 0 Å². The van der Waals surface area contributed by atoms with Crippen LogP contribution in [0, 0.1) is 12.8 Å². The largest absolute Gasteiger partial charge is 0.454 e. The SMILES string of the molecule is Cc1ccccc1CN(C(=O)Cc1ccccc1)C(C(=O)Nc1ccc2c(c1)OCO2)C1CC=CCC1. The molecule has 3 aromatic carbocycles. The van der Waals surface area contributed by atoms with Gasteiger partial charge in [-0.1, -0.05) is 66.7 Å². The summed E-state index contributed by atoms with van der Waals surface area (Å²) in [5, 5.41) is 3.08. The van der Waals surface area contributed by atoms with Gasteiger partial charge in [-0.05, 0) is 60.9 Å². The molecule has 0 radical (unpaired) electrons. The van der Waals surface area contributed by atoms with E-state index in [1.54, 1.807) is 23.1 Å². The van der Waals surface area contributed by atoms with E-state index in [4.69, 9.17) is 9.47 Å². The summed E-state index contributed by atoms with van der Waals surface area (Å²) >= 11 is 0. The van der Waals surface area contributed by atoms with E-state index in [9.17, 15) is 9.59 Å². The van der Waals surface area contributed by atoms with Crippen LogP contribution >= 0.6 is 0 Å². The number of allylic oxidation sites excluding steroid dienone is 2. The molecule has 2 atom stereocenters. The number of amides is 2. The zero-order chi connectivity index (χ0) is 25.6. The van der Waals surface area contributed by atoms with Crippen LogP contribution in [0.25, 0.3) is 0 Å². The first kappa shape index (κ1) is 24.6. The normalized spacial score (nSPS) is 16.7. The highest BCUT2D eigenvalue weighted by Gasteiger charge is 2.37. The number of carbonyl (C=O) groups is 2. The summed E-state index contributed by atoms with van der Waals surface area (Å²) < 4.78 is 10.9. The van der Waals surface area contributed by atoms with Gasteiger partial charge in [0.25, 0.3) is 0 Å². The highest BCUT2D eigenvalue weighted by molar-refractivity contribution is 5.98.